The van der Waals surface area contributed by atoms with Gasteiger partial charge in [0, 0.05) is 32.2 Å². The lowest BCUT2D eigenvalue weighted by Gasteiger charge is -2.28. The van der Waals surface area contributed by atoms with E-state index in [0.29, 0.717) is 6.04 Å². The third-order valence-electron chi connectivity index (χ3n) is 3.24. The lowest BCUT2D eigenvalue weighted by Crippen LogP contribution is -2.44. The molecule has 4 nitrogen and oxygen atoms in total. The summed E-state index contributed by atoms with van der Waals surface area (Å²) in [7, 11) is 6.02. The molecule has 1 aliphatic rings. The van der Waals surface area contributed by atoms with Gasteiger partial charge < -0.3 is 14.7 Å². The van der Waals surface area contributed by atoms with Crippen LogP contribution in [-0.2, 0) is 0 Å². The van der Waals surface area contributed by atoms with Crippen molar-refractivity contribution in [2.45, 2.75) is 46.2 Å². The Morgan fingerprint density at radius 2 is 1.76 bits per heavy atom. The summed E-state index contributed by atoms with van der Waals surface area (Å²) in [5, 5.41) is 0. The second kappa shape index (κ2) is 7.54. The van der Waals surface area contributed by atoms with Gasteiger partial charge in [-0.05, 0) is 34.4 Å². The van der Waals surface area contributed by atoms with Crippen molar-refractivity contribution in [3.05, 3.63) is 0 Å². The Balaban J connectivity index is 0.00000121. The monoisotopic (exact) mass is 243 g/mol. The maximum atomic E-state index is 12.0. The summed E-state index contributed by atoms with van der Waals surface area (Å²) < 4.78 is 0. The van der Waals surface area contributed by atoms with Crippen LogP contribution < -0.4 is 0 Å². The summed E-state index contributed by atoms with van der Waals surface area (Å²) in [6.45, 7) is 9.83. The lowest BCUT2D eigenvalue weighted by molar-refractivity contribution is 0.158. The molecule has 2 amide bonds. The number of hydrogen-bond acceptors (Lipinski definition) is 2. The molecule has 1 atom stereocenters. The van der Waals surface area contributed by atoms with E-state index in [0.717, 1.165) is 19.5 Å². The molecule has 0 bridgehead atoms. The minimum Gasteiger partial charge on any atom is -0.325 e. The maximum absolute atomic E-state index is 12.0. The molecule has 0 aliphatic carbocycles. The number of carbonyl (C=O) groups excluding carboxylic acids is 1. The molecular weight excluding hydrogens is 214 g/mol. The maximum Gasteiger partial charge on any atom is 0.320 e. The molecule has 0 N–H and O–H groups in total. The Kier molecular flexibility index (Phi) is 7.19. The lowest BCUT2D eigenvalue weighted by atomic mass is 10.2. The molecule has 0 aromatic carbocycles. The van der Waals surface area contributed by atoms with E-state index in [1.807, 2.05) is 39.6 Å². The number of rotatable bonds is 2. The van der Waals surface area contributed by atoms with Crippen LogP contribution in [0, 0.1) is 0 Å². The van der Waals surface area contributed by atoms with Crippen molar-refractivity contribution in [1.29, 1.82) is 0 Å². The van der Waals surface area contributed by atoms with Crippen LogP contribution in [0.3, 0.4) is 0 Å². The van der Waals surface area contributed by atoms with E-state index in [4.69, 9.17) is 0 Å². The smallest absolute Gasteiger partial charge is 0.320 e. The van der Waals surface area contributed by atoms with Crippen LogP contribution in [0.5, 0.6) is 0 Å². The summed E-state index contributed by atoms with van der Waals surface area (Å²) in [6.07, 6.45) is 1.09. The molecule has 0 spiro atoms. The molecule has 0 aromatic rings. The number of amides is 2. The number of likely N-dealkylation sites (N-methyl/N-ethyl adjacent to an activating group) is 1. The van der Waals surface area contributed by atoms with Gasteiger partial charge in [-0.15, -0.1) is 0 Å². The molecule has 1 aliphatic heterocycles. The number of hydrogen-bond donors (Lipinski definition) is 0. The Hall–Kier alpha value is -0.770. The van der Waals surface area contributed by atoms with Gasteiger partial charge in [-0.2, -0.15) is 0 Å². The van der Waals surface area contributed by atoms with Crippen molar-refractivity contribution in [2.24, 2.45) is 0 Å². The molecule has 0 aromatic heterocycles. The molecule has 4 heteroatoms. The fourth-order valence-corrected chi connectivity index (χ4v) is 1.78. The highest BCUT2D eigenvalue weighted by atomic mass is 16.2. The summed E-state index contributed by atoms with van der Waals surface area (Å²) >= 11 is 0. The van der Waals surface area contributed by atoms with Crippen molar-refractivity contribution in [3.8, 4) is 0 Å². The highest BCUT2D eigenvalue weighted by Crippen LogP contribution is 2.15. The van der Waals surface area contributed by atoms with Gasteiger partial charge in [0.2, 0.25) is 0 Å². The topological polar surface area (TPSA) is 26.8 Å². The summed E-state index contributed by atoms with van der Waals surface area (Å²) in [6, 6.07) is 0.958. The molecular formula is C13H29N3O. The van der Waals surface area contributed by atoms with Crippen molar-refractivity contribution in [1.82, 2.24) is 14.7 Å². The third kappa shape index (κ3) is 4.54. The largest absolute Gasteiger partial charge is 0.325 e. The van der Waals surface area contributed by atoms with E-state index in [-0.39, 0.29) is 12.1 Å². The molecule has 1 heterocycles. The predicted molar refractivity (Wildman–Crippen MR) is 73.3 cm³/mol. The van der Waals surface area contributed by atoms with Gasteiger partial charge in [-0.1, -0.05) is 13.8 Å². The molecule has 0 saturated carbocycles. The number of likely N-dealkylation sites (tertiary alicyclic amines) is 1. The van der Waals surface area contributed by atoms with E-state index in [2.05, 4.69) is 19.0 Å². The van der Waals surface area contributed by atoms with Crippen LogP contribution >= 0.6 is 0 Å². The molecule has 1 fully saturated rings. The molecule has 17 heavy (non-hydrogen) atoms. The van der Waals surface area contributed by atoms with E-state index < -0.39 is 0 Å². The van der Waals surface area contributed by atoms with Crippen LogP contribution in [0.1, 0.15) is 34.1 Å². The van der Waals surface area contributed by atoms with Gasteiger partial charge in [0.25, 0.3) is 0 Å². The second-order valence-electron chi connectivity index (χ2n) is 4.84. The zero-order valence-electron chi connectivity index (χ0n) is 12.5. The highest BCUT2D eigenvalue weighted by Gasteiger charge is 2.29. The Morgan fingerprint density at radius 3 is 2.12 bits per heavy atom. The number of urea groups is 1. The van der Waals surface area contributed by atoms with E-state index in [1.54, 1.807) is 4.90 Å². The molecule has 0 radical (unpaired) electrons. The first-order valence-electron chi connectivity index (χ1n) is 6.61. The van der Waals surface area contributed by atoms with Crippen molar-refractivity contribution >= 4 is 6.03 Å². The van der Waals surface area contributed by atoms with Crippen molar-refractivity contribution in [2.75, 3.05) is 34.2 Å². The second-order valence-corrected chi connectivity index (χ2v) is 4.84. The summed E-state index contributed by atoms with van der Waals surface area (Å²) in [5.41, 5.74) is 0. The zero-order chi connectivity index (χ0) is 13.6. The fraction of sp³-hybridized carbons (Fsp3) is 0.923. The van der Waals surface area contributed by atoms with E-state index in [9.17, 15) is 4.79 Å². The minimum atomic E-state index is 0.161. The van der Waals surface area contributed by atoms with Gasteiger partial charge in [-0.3, -0.25) is 0 Å². The first-order chi connectivity index (χ1) is 7.93. The van der Waals surface area contributed by atoms with Crippen LogP contribution in [0.15, 0.2) is 0 Å². The third-order valence-corrected chi connectivity index (χ3v) is 3.24. The first-order valence-corrected chi connectivity index (χ1v) is 6.61. The Morgan fingerprint density at radius 1 is 1.24 bits per heavy atom. The predicted octanol–water partition coefficient (Wildman–Crippen LogP) is 2.11. The van der Waals surface area contributed by atoms with Crippen LogP contribution in [0.4, 0.5) is 4.79 Å². The molecule has 1 saturated heterocycles. The zero-order valence-corrected chi connectivity index (χ0v) is 12.5. The van der Waals surface area contributed by atoms with Gasteiger partial charge >= 0.3 is 6.03 Å². The normalized spacial score (nSPS) is 19.4. The van der Waals surface area contributed by atoms with Gasteiger partial charge in [0.1, 0.15) is 0 Å². The standard InChI is InChI=1S/C11H23N3O.C2H6/c1-9(2)13(5)11(15)14-7-6-10(8-14)12(3)4;1-2/h9-10H,6-8H2,1-5H3;1-2H3. The first kappa shape index (κ1) is 16.2. The average molecular weight is 243 g/mol. The number of nitrogens with zero attached hydrogens (tertiary/aromatic N) is 3. The summed E-state index contributed by atoms with van der Waals surface area (Å²) in [4.78, 5) is 17.9. The van der Waals surface area contributed by atoms with Crippen molar-refractivity contribution < 1.29 is 4.79 Å². The SMILES string of the molecule is CC.CC(C)N(C)C(=O)N1CCC(N(C)C)C1. The molecule has 1 unspecified atom stereocenters. The van der Waals surface area contributed by atoms with Gasteiger partial charge in [-0.25, -0.2) is 4.79 Å². The van der Waals surface area contributed by atoms with Crippen LogP contribution in [0.2, 0.25) is 0 Å². The van der Waals surface area contributed by atoms with Gasteiger partial charge in [0.15, 0.2) is 0 Å². The average Bonchev–Trinajstić information content (AvgIpc) is 2.79. The van der Waals surface area contributed by atoms with E-state index in [1.165, 1.54) is 0 Å². The summed E-state index contributed by atoms with van der Waals surface area (Å²) in [5.74, 6) is 0. The number of carbonyl (C=O) groups is 1. The fourth-order valence-electron chi connectivity index (χ4n) is 1.78. The van der Waals surface area contributed by atoms with Crippen molar-refractivity contribution in [3.63, 3.8) is 0 Å². The van der Waals surface area contributed by atoms with E-state index >= 15 is 0 Å². The Labute approximate surface area is 107 Å². The van der Waals surface area contributed by atoms with Gasteiger partial charge in [0.05, 0.1) is 0 Å². The molecule has 1 rings (SSSR count). The van der Waals surface area contributed by atoms with Crippen LogP contribution in [0.25, 0.3) is 0 Å². The minimum absolute atomic E-state index is 0.161. The van der Waals surface area contributed by atoms with Crippen LogP contribution in [-0.4, -0.2) is 67.0 Å². The highest BCUT2D eigenvalue weighted by molar-refractivity contribution is 5.74. The quantitative estimate of drug-likeness (QED) is 0.742. The Bertz CT molecular complexity index is 229. The molecule has 102 valence electrons.